The summed E-state index contributed by atoms with van der Waals surface area (Å²) < 4.78 is 5.21. The van der Waals surface area contributed by atoms with Crippen molar-refractivity contribution < 1.29 is 9.53 Å². The Morgan fingerprint density at radius 2 is 2.00 bits per heavy atom. The zero-order valence-electron chi connectivity index (χ0n) is 13.1. The van der Waals surface area contributed by atoms with Crippen LogP contribution >= 0.6 is 12.4 Å². The minimum atomic E-state index is 0. The van der Waals surface area contributed by atoms with Crippen LogP contribution in [0.4, 0.5) is 0 Å². The summed E-state index contributed by atoms with van der Waals surface area (Å²) >= 11 is 0. The molecule has 1 saturated heterocycles. The summed E-state index contributed by atoms with van der Waals surface area (Å²) in [6.07, 6.45) is 8.36. The summed E-state index contributed by atoms with van der Waals surface area (Å²) in [5, 5.41) is 6.64. The third-order valence-corrected chi connectivity index (χ3v) is 5.99. The summed E-state index contributed by atoms with van der Waals surface area (Å²) in [6.45, 7) is 3.85. The average Bonchev–Trinajstić information content (AvgIpc) is 3.11. The molecule has 3 fully saturated rings. The lowest BCUT2D eigenvalue weighted by Crippen LogP contribution is -2.44. The molecule has 2 aliphatic carbocycles. The SMILES string of the molecule is COCCC1(CNC(=O)C2CC23CCNCC3)CCC1.Cl. The highest BCUT2D eigenvalue weighted by molar-refractivity contribution is 5.85. The molecule has 0 aromatic heterocycles. The van der Waals surface area contributed by atoms with E-state index in [0.29, 0.717) is 22.7 Å². The van der Waals surface area contributed by atoms with Gasteiger partial charge in [0.05, 0.1) is 0 Å². The summed E-state index contributed by atoms with van der Waals surface area (Å²) in [5.41, 5.74) is 0.691. The van der Waals surface area contributed by atoms with Gasteiger partial charge in [-0.2, -0.15) is 0 Å². The van der Waals surface area contributed by atoms with E-state index in [2.05, 4.69) is 10.6 Å². The lowest BCUT2D eigenvalue weighted by atomic mass is 9.66. The number of carbonyl (C=O) groups is 1. The lowest BCUT2D eigenvalue weighted by molar-refractivity contribution is -0.124. The van der Waals surface area contributed by atoms with Crippen LogP contribution in [0.5, 0.6) is 0 Å². The average molecular weight is 317 g/mol. The second-order valence-electron chi connectivity index (χ2n) is 7.18. The molecule has 3 rings (SSSR count). The molecule has 5 heteroatoms. The molecule has 1 atom stereocenters. The van der Waals surface area contributed by atoms with Crippen LogP contribution in [-0.4, -0.2) is 39.3 Å². The highest BCUT2D eigenvalue weighted by Gasteiger charge is 2.57. The molecule has 1 heterocycles. The van der Waals surface area contributed by atoms with Gasteiger partial charge < -0.3 is 15.4 Å². The Bertz CT molecular complexity index is 365. The van der Waals surface area contributed by atoms with E-state index in [1.165, 1.54) is 32.1 Å². The summed E-state index contributed by atoms with van der Waals surface area (Å²) in [4.78, 5) is 12.4. The Morgan fingerprint density at radius 1 is 1.29 bits per heavy atom. The first-order valence-corrected chi connectivity index (χ1v) is 8.17. The molecule has 21 heavy (non-hydrogen) atoms. The van der Waals surface area contributed by atoms with Gasteiger partial charge in [0.1, 0.15) is 0 Å². The predicted molar refractivity (Wildman–Crippen MR) is 85.7 cm³/mol. The molecule has 0 radical (unpaired) electrons. The first kappa shape index (κ1) is 17.0. The zero-order chi connectivity index (χ0) is 14.1. The maximum absolute atomic E-state index is 12.4. The van der Waals surface area contributed by atoms with E-state index < -0.39 is 0 Å². The van der Waals surface area contributed by atoms with E-state index in [1.807, 2.05) is 0 Å². The van der Waals surface area contributed by atoms with Crippen molar-refractivity contribution in [2.45, 2.75) is 44.9 Å². The quantitative estimate of drug-likeness (QED) is 0.789. The first-order valence-electron chi connectivity index (χ1n) is 8.17. The zero-order valence-corrected chi connectivity index (χ0v) is 13.9. The molecule has 2 N–H and O–H groups in total. The number of carbonyl (C=O) groups excluding carboxylic acids is 1. The second-order valence-corrected chi connectivity index (χ2v) is 7.18. The van der Waals surface area contributed by atoms with Crippen LogP contribution in [0, 0.1) is 16.7 Å². The molecular formula is C16H29ClN2O2. The summed E-state index contributed by atoms with van der Waals surface area (Å²) in [5.74, 6) is 0.611. The van der Waals surface area contributed by atoms with Gasteiger partial charge in [-0.15, -0.1) is 12.4 Å². The van der Waals surface area contributed by atoms with Gasteiger partial charge in [0.25, 0.3) is 0 Å². The van der Waals surface area contributed by atoms with Crippen LogP contribution in [0.25, 0.3) is 0 Å². The molecule has 1 unspecified atom stereocenters. The fraction of sp³-hybridized carbons (Fsp3) is 0.938. The fourth-order valence-corrected chi connectivity index (χ4v) is 4.10. The molecule has 0 aromatic carbocycles. The maximum atomic E-state index is 12.4. The van der Waals surface area contributed by atoms with Crippen LogP contribution in [0.15, 0.2) is 0 Å². The van der Waals surface area contributed by atoms with Gasteiger partial charge in [-0.1, -0.05) is 6.42 Å². The van der Waals surface area contributed by atoms with Crippen molar-refractivity contribution in [2.24, 2.45) is 16.7 Å². The Hall–Kier alpha value is -0.320. The van der Waals surface area contributed by atoms with Crippen molar-refractivity contribution in [1.82, 2.24) is 10.6 Å². The maximum Gasteiger partial charge on any atom is 0.223 e. The van der Waals surface area contributed by atoms with Crippen molar-refractivity contribution >= 4 is 18.3 Å². The Balaban J connectivity index is 0.00000161. The Labute approximate surface area is 134 Å². The van der Waals surface area contributed by atoms with Crippen LogP contribution < -0.4 is 10.6 Å². The van der Waals surface area contributed by atoms with E-state index in [0.717, 1.165) is 39.1 Å². The number of amides is 1. The number of ether oxygens (including phenoxy) is 1. The van der Waals surface area contributed by atoms with Gasteiger partial charge in [0.15, 0.2) is 0 Å². The van der Waals surface area contributed by atoms with E-state index >= 15 is 0 Å². The third kappa shape index (κ3) is 3.54. The number of hydrogen-bond acceptors (Lipinski definition) is 3. The first-order chi connectivity index (χ1) is 9.70. The largest absolute Gasteiger partial charge is 0.385 e. The van der Waals surface area contributed by atoms with Crippen LogP contribution in [0.3, 0.4) is 0 Å². The normalized spacial score (nSPS) is 28.3. The molecule has 2 saturated carbocycles. The Morgan fingerprint density at radius 3 is 2.57 bits per heavy atom. The number of nitrogens with one attached hydrogen (secondary N) is 2. The van der Waals surface area contributed by atoms with Gasteiger partial charge in [-0.3, -0.25) is 4.79 Å². The van der Waals surface area contributed by atoms with Crippen LogP contribution in [0.1, 0.15) is 44.9 Å². The molecule has 1 spiro atoms. The van der Waals surface area contributed by atoms with Gasteiger partial charge in [-0.05, 0) is 62.4 Å². The minimum absolute atomic E-state index is 0. The number of piperidine rings is 1. The topological polar surface area (TPSA) is 50.4 Å². The highest BCUT2D eigenvalue weighted by Crippen LogP contribution is 2.58. The van der Waals surface area contributed by atoms with Crippen molar-refractivity contribution in [3.8, 4) is 0 Å². The van der Waals surface area contributed by atoms with Crippen molar-refractivity contribution in [1.29, 1.82) is 0 Å². The van der Waals surface area contributed by atoms with Gasteiger partial charge in [0.2, 0.25) is 5.91 Å². The summed E-state index contributed by atoms with van der Waals surface area (Å²) in [7, 11) is 1.76. The van der Waals surface area contributed by atoms with E-state index in [4.69, 9.17) is 4.74 Å². The molecule has 0 bridgehead atoms. The van der Waals surface area contributed by atoms with E-state index in [9.17, 15) is 4.79 Å². The molecular weight excluding hydrogens is 288 g/mol. The minimum Gasteiger partial charge on any atom is -0.385 e. The predicted octanol–water partition coefficient (Wildman–Crippen LogP) is 2.12. The fourth-order valence-electron chi connectivity index (χ4n) is 4.10. The molecule has 0 aromatic rings. The number of halogens is 1. The molecule has 122 valence electrons. The van der Waals surface area contributed by atoms with E-state index in [-0.39, 0.29) is 12.4 Å². The van der Waals surface area contributed by atoms with Gasteiger partial charge >= 0.3 is 0 Å². The molecule has 4 nitrogen and oxygen atoms in total. The monoisotopic (exact) mass is 316 g/mol. The summed E-state index contributed by atoms with van der Waals surface area (Å²) in [6, 6.07) is 0. The highest BCUT2D eigenvalue weighted by atomic mass is 35.5. The van der Waals surface area contributed by atoms with Crippen molar-refractivity contribution in [3.05, 3.63) is 0 Å². The molecule has 1 aliphatic heterocycles. The molecule has 1 amide bonds. The van der Waals surface area contributed by atoms with Crippen molar-refractivity contribution in [3.63, 3.8) is 0 Å². The standard InChI is InChI=1S/C16H28N2O2.ClH/c1-20-10-7-15(3-2-4-15)12-18-14(19)13-11-16(13)5-8-17-9-6-16;/h13,17H,2-12H2,1H3,(H,18,19);1H. The number of rotatable bonds is 6. The van der Waals surface area contributed by atoms with Crippen molar-refractivity contribution in [2.75, 3.05) is 33.4 Å². The number of methoxy groups -OCH3 is 1. The lowest BCUT2D eigenvalue weighted by Gasteiger charge is -2.42. The second kappa shape index (κ2) is 6.84. The van der Waals surface area contributed by atoms with Gasteiger partial charge in [0, 0.05) is 26.2 Å². The smallest absolute Gasteiger partial charge is 0.223 e. The van der Waals surface area contributed by atoms with Crippen LogP contribution in [-0.2, 0) is 9.53 Å². The number of hydrogen-bond donors (Lipinski definition) is 2. The van der Waals surface area contributed by atoms with Crippen LogP contribution in [0.2, 0.25) is 0 Å². The Kier molecular flexibility index (Phi) is 5.55. The molecule has 3 aliphatic rings. The third-order valence-electron chi connectivity index (χ3n) is 5.99. The van der Waals surface area contributed by atoms with Gasteiger partial charge in [-0.25, -0.2) is 0 Å². The van der Waals surface area contributed by atoms with E-state index in [1.54, 1.807) is 7.11 Å².